The predicted molar refractivity (Wildman–Crippen MR) is 121 cm³/mol. The average Bonchev–Trinajstić information content (AvgIpc) is 2.70. The van der Waals surface area contributed by atoms with Crippen LogP contribution in [0, 0.1) is 5.92 Å². The van der Waals surface area contributed by atoms with Gasteiger partial charge in [0.2, 0.25) is 0 Å². The lowest BCUT2D eigenvalue weighted by Gasteiger charge is -2.27. The Bertz CT molecular complexity index is 858. The van der Waals surface area contributed by atoms with Crippen LogP contribution >= 0.6 is 0 Å². The number of nitrogens with one attached hydrogen (secondary N) is 1. The molecule has 0 aromatic heterocycles. The Morgan fingerprint density at radius 1 is 1.03 bits per heavy atom. The number of aliphatic hydroxyl groups excluding tert-OH is 1. The molecule has 0 saturated heterocycles. The third kappa shape index (κ3) is 9.05. The monoisotopic (exact) mass is 425 g/mol. The molecule has 3 atom stereocenters. The van der Waals surface area contributed by atoms with Crippen LogP contribution in [-0.4, -0.2) is 40.0 Å². The molecule has 0 aliphatic rings. The molecular formula is C25H31NO5. The first-order valence-electron chi connectivity index (χ1n) is 10.3. The van der Waals surface area contributed by atoms with Crippen molar-refractivity contribution in [1.29, 1.82) is 0 Å². The Balaban J connectivity index is 2.14. The zero-order valence-electron chi connectivity index (χ0n) is 18.2. The van der Waals surface area contributed by atoms with E-state index in [9.17, 15) is 19.8 Å². The number of alkyl carbamates (subject to hydrolysis) is 1. The van der Waals surface area contributed by atoms with Crippen LogP contribution in [-0.2, 0) is 16.0 Å². The second-order valence-electron chi connectivity index (χ2n) is 8.46. The molecule has 0 heterocycles. The normalized spacial score (nSPS) is 14.6. The molecule has 2 aromatic rings. The van der Waals surface area contributed by atoms with E-state index < -0.39 is 35.7 Å². The maximum absolute atomic E-state index is 12.3. The van der Waals surface area contributed by atoms with Gasteiger partial charge in [-0.2, -0.15) is 0 Å². The second-order valence-corrected chi connectivity index (χ2v) is 8.46. The Morgan fingerprint density at radius 2 is 1.61 bits per heavy atom. The highest BCUT2D eigenvalue weighted by atomic mass is 16.6. The maximum atomic E-state index is 12.3. The summed E-state index contributed by atoms with van der Waals surface area (Å²) in [6, 6.07) is 18.0. The fourth-order valence-corrected chi connectivity index (χ4v) is 3.09. The van der Waals surface area contributed by atoms with Gasteiger partial charge in [0.25, 0.3) is 0 Å². The molecule has 1 amide bonds. The van der Waals surface area contributed by atoms with Crippen LogP contribution in [0.25, 0.3) is 6.08 Å². The summed E-state index contributed by atoms with van der Waals surface area (Å²) in [6.45, 7) is 5.26. The molecule has 0 fully saturated rings. The van der Waals surface area contributed by atoms with Crippen molar-refractivity contribution in [2.24, 2.45) is 5.92 Å². The molecular weight excluding hydrogens is 394 g/mol. The van der Waals surface area contributed by atoms with Gasteiger partial charge in [0, 0.05) is 0 Å². The molecule has 0 aliphatic carbocycles. The molecule has 0 spiro atoms. The molecule has 0 bridgehead atoms. The lowest BCUT2D eigenvalue weighted by atomic mass is 9.92. The number of benzene rings is 2. The van der Waals surface area contributed by atoms with Crippen molar-refractivity contribution in [2.45, 2.75) is 51.4 Å². The molecule has 31 heavy (non-hydrogen) atoms. The minimum absolute atomic E-state index is 0.0496. The van der Waals surface area contributed by atoms with Gasteiger partial charge < -0.3 is 20.3 Å². The first-order valence-corrected chi connectivity index (χ1v) is 10.3. The van der Waals surface area contributed by atoms with Gasteiger partial charge in [-0.25, -0.2) is 4.79 Å². The van der Waals surface area contributed by atoms with Crippen molar-refractivity contribution < 1.29 is 24.5 Å². The van der Waals surface area contributed by atoms with Crippen LogP contribution in [0.1, 0.15) is 38.3 Å². The fourth-order valence-electron chi connectivity index (χ4n) is 3.09. The summed E-state index contributed by atoms with van der Waals surface area (Å²) >= 11 is 0. The van der Waals surface area contributed by atoms with Crippen LogP contribution in [0.4, 0.5) is 4.79 Å². The molecule has 0 unspecified atom stereocenters. The first-order chi connectivity index (χ1) is 14.6. The summed E-state index contributed by atoms with van der Waals surface area (Å²) < 4.78 is 5.32. The molecule has 3 N–H and O–H groups in total. The quantitative estimate of drug-likeness (QED) is 0.557. The Morgan fingerprint density at radius 3 is 2.16 bits per heavy atom. The molecule has 6 heteroatoms. The van der Waals surface area contributed by atoms with E-state index >= 15 is 0 Å². The smallest absolute Gasteiger partial charge is 0.407 e. The number of carbonyl (C=O) groups is 2. The summed E-state index contributed by atoms with van der Waals surface area (Å²) in [7, 11) is 0. The van der Waals surface area contributed by atoms with Crippen LogP contribution in [0.3, 0.4) is 0 Å². The van der Waals surface area contributed by atoms with E-state index in [4.69, 9.17) is 4.74 Å². The lowest BCUT2D eigenvalue weighted by molar-refractivity contribution is -0.141. The van der Waals surface area contributed by atoms with E-state index in [1.807, 2.05) is 60.7 Å². The van der Waals surface area contributed by atoms with Gasteiger partial charge >= 0.3 is 12.1 Å². The topological polar surface area (TPSA) is 95.9 Å². The molecule has 0 saturated carbocycles. The molecule has 0 aliphatic heterocycles. The third-order valence-electron chi connectivity index (χ3n) is 4.60. The summed E-state index contributed by atoms with van der Waals surface area (Å²) in [6.07, 6.45) is 1.84. The van der Waals surface area contributed by atoms with Gasteiger partial charge in [-0.05, 0) is 44.7 Å². The Kier molecular flexibility index (Phi) is 8.82. The van der Waals surface area contributed by atoms with E-state index in [2.05, 4.69) is 5.32 Å². The summed E-state index contributed by atoms with van der Waals surface area (Å²) in [5.74, 6) is -1.95. The number of carboxylic acid groups (broad SMARTS) is 1. The maximum Gasteiger partial charge on any atom is 0.407 e. The van der Waals surface area contributed by atoms with Gasteiger partial charge in [0.05, 0.1) is 18.1 Å². The van der Waals surface area contributed by atoms with Crippen molar-refractivity contribution in [3.05, 3.63) is 77.9 Å². The zero-order valence-corrected chi connectivity index (χ0v) is 18.2. The highest BCUT2D eigenvalue weighted by molar-refractivity contribution is 5.74. The van der Waals surface area contributed by atoms with Crippen LogP contribution < -0.4 is 5.32 Å². The van der Waals surface area contributed by atoms with Gasteiger partial charge in [-0.1, -0.05) is 72.8 Å². The van der Waals surface area contributed by atoms with Crippen molar-refractivity contribution in [2.75, 3.05) is 0 Å². The fraction of sp³-hybridized carbons (Fsp3) is 0.360. The summed E-state index contributed by atoms with van der Waals surface area (Å²) in [5, 5.41) is 23.2. The molecule has 166 valence electrons. The van der Waals surface area contributed by atoms with Crippen LogP contribution in [0.5, 0.6) is 0 Å². The third-order valence-corrected chi connectivity index (χ3v) is 4.60. The van der Waals surface area contributed by atoms with Crippen molar-refractivity contribution in [3.8, 4) is 0 Å². The largest absolute Gasteiger partial charge is 0.481 e. The standard InChI is InChI=1S/C25H31NO5/c1-25(2,3)31-24(30)26-21(16-19-12-8-5-9-13-19)22(27)17-20(23(28)29)15-14-18-10-6-4-7-11-18/h4-15,20-22,27H,16-17H2,1-3H3,(H,26,30)(H,28,29)/b15-14+/t20-,21+,22+/m1/s1. The first kappa shape index (κ1) is 24.2. The van der Waals surface area contributed by atoms with Gasteiger partial charge in [-0.15, -0.1) is 0 Å². The number of rotatable bonds is 9. The second kappa shape index (κ2) is 11.3. The van der Waals surface area contributed by atoms with E-state index in [1.165, 1.54) is 0 Å². The molecule has 0 radical (unpaired) electrons. The Hall–Kier alpha value is -3.12. The van der Waals surface area contributed by atoms with E-state index in [-0.39, 0.29) is 6.42 Å². The summed E-state index contributed by atoms with van der Waals surface area (Å²) in [4.78, 5) is 24.1. The molecule has 6 nitrogen and oxygen atoms in total. The lowest BCUT2D eigenvalue weighted by Crippen LogP contribution is -2.47. The van der Waals surface area contributed by atoms with Crippen molar-refractivity contribution >= 4 is 18.1 Å². The molecule has 2 aromatic carbocycles. The van der Waals surface area contributed by atoms with Gasteiger partial charge in [0.15, 0.2) is 0 Å². The average molecular weight is 426 g/mol. The number of aliphatic hydroxyl groups is 1. The number of ether oxygens (including phenoxy) is 1. The molecule has 2 rings (SSSR count). The summed E-state index contributed by atoms with van der Waals surface area (Å²) in [5.41, 5.74) is 1.10. The van der Waals surface area contributed by atoms with E-state index in [1.54, 1.807) is 32.9 Å². The zero-order chi connectivity index (χ0) is 22.9. The van der Waals surface area contributed by atoms with Crippen molar-refractivity contribution in [3.63, 3.8) is 0 Å². The van der Waals surface area contributed by atoms with E-state index in [0.717, 1.165) is 11.1 Å². The highest BCUT2D eigenvalue weighted by Gasteiger charge is 2.28. The van der Waals surface area contributed by atoms with Crippen LogP contribution in [0.2, 0.25) is 0 Å². The predicted octanol–water partition coefficient (Wildman–Crippen LogP) is 4.29. The Labute approximate surface area is 183 Å². The SMILES string of the molecule is CC(C)(C)OC(=O)N[C@@H](Cc1ccccc1)[C@@H](O)C[C@@H](/C=C/c1ccccc1)C(=O)O. The number of carbonyl (C=O) groups excluding carboxylic acids is 1. The number of amides is 1. The number of carboxylic acids is 1. The van der Waals surface area contributed by atoms with E-state index in [0.29, 0.717) is 6.42 Å². The number of hydrogen-bond donors (Lipinski definition) is 3. The number of aliphatic carboxylic acids is 1. The van der Waals surface area contributed by atoms with Crippen LogP contribution in [0.15, 0.2) is 66.7 Å². The van der Waals surface area contributed by atoms with Gasteiger partial charge in [-0.3, -0.25) is 4.79 Å². The van der Waals surface area contributed by atoms with Crippen molar-refractivity contribution in [1.82, 2.24) is 5.32 Å². The minimum Gasteiger partial charge on any atom is -0.481 e. The van der Waals surface area contributed by atoms with Gasteiger partial charge in [0.1, 0.15) is 5.60 Å². The highest BCUT2D eigenvalue weighted by Crippen LogP contribution is 2.17. The number of hydrogen-bond acceptors (Lipinski definition) is 4. The minimum atomic E-state index is -1.09.